The summed E-state index contributed by atoms with van der Waals surface area (Å²) in [5.41, 5.74) is 1.17. The Labute approximate surface area is 194 Å². The summed E-state index contributed by atoms with van der Waals surface area (Å²) in [4.78, 5) is 6.73. The van der Waals surface area contributed by atoms with E-state index in [9.17, 15) is 0 Å². The van der Waals surface area contributed by atoms with E-state index in [-0.39, 0.29) is 30.1 Å². The van der Waals surface area contributed by atoms with Gasteiger partial charge in [-0.25, -0.2) is 0 Å². The highest BCUT2D eigenvalue weighted by molar-refractivity contribution is 14.0. The Hall–Kier alpha value is -1.68. The van der Waals surface area contributed by atoms with Gasteiger partial charge in [0.1, 0.15) is 11.9 Å². The zero-order valence-electron chi connectivity index (χ0n) is 17.1. The van der Waals surface area contributed by atoms with Gasteiger partial charge in [0.2, 0.25) is 0 Å². The molecule has 1 aliphatic heterocycles. The standard InChI is InChI=1S/C20H29ClN6O.HI/c1-15(28-19-8-4-6-16(21)10-19)11-23-20(22-2)25-17-7-5-9-27(13-17)18-12-24-26(3)14-18;/h4,6,8,10,12,14-15,17H,5,7,9,11,13H2,1-3H3,(H2,22,23,25);1H. The van der Waals surface area contributed by atoms with Gasteiger partial charge < -0.3 is 20.3 Å². The molecular formula is C20H30ClIN6O. The summed E-state index contributed by atoms with van der Waals surface area (Å²) >= 11 is 6.01. The van der Waals surface area contributed by atoms with Crippen molar-refractivity contribution in [1.82, 2.24) is 20.4 Å². The minimum absolute atomic E-state index is 0. The highest BCUT2D eigenvalue weighted by Crippen LogP contribution is 2.19. The van der Waals surface area contributed by atoms with Gasteiger partial charge in [0.05, 0.1) is 18.4 Å². The largest absolute Gasteiger partial charge is 0.489 e. The van der Waals surface area contributed by atoms with Gasteiger partial charge in [-0.3, -0.25) is 9.67 Å². The quantitative estimate of drug-likeness (QED) is 0.340. The van der Waals surface area contributed by atoms with Crippen molar-refractivity contribution < 1.29 is 4.74 Å². The van der Waals surface area contributed by atoms with Crippen molar-refractivity contribution in [2.45, 2.75) is 31.9 Å². The van der Waals surface area contributed by atoms with Gasteiger partial charge in [0.25, 0.3) is 0 Å². The average Bonchev–Trinajstić information content (AvgIpc) is 3.12. The van der Waals surface area contributed by atoms with Crippen LogP contribution < -0.4 is 20.3 Å². The van der Waals surface area contributed by atoms with Crippen LogP contribution in [-0.2, 0) is 7.05 Å². The molecule has 160 valence electrons. The van der Waals surface area contributed by atoms with E-state index in [1.807, 2.05) is 49.1 Å². The minimum Gasteiger partial charge on any atom is -0.489 e. The molecule has 7 nitrogen and oxygen atoms in total. The summed E-state index contributed by atoms with van der Waals surface area (Å²) in [6.45, 7) is 4.65. The van der Waals surface area contributed by atoms with Gasteiger partial charge >= 0.3 is 0 Å². The molecule has 0 radical (unpaired) electrons. The maximum Gasteiger partial charge on any atom is 0.191 e. The number of anilines is 1. The third-order valence-corrected chi connectivity index (χ3v) is 4.97. The lowest BCUT2D eigenvalue weighted by molar-refractivity contribution is 0.223. The average molecular weight is 533 g/mol. The molecule has 2 heterocycles. The van der Waals surface area contributed by atoms with Crippen LogP contribution in [0.3, 0.4) is 0 Å². The Kier molecular flexibility index (Phi) is 9.35. The van der Waals surface area contributed by atoms with Crippen LogP contribution in [0.4, 0.5) is 5.69 Å². The van der Waals surface area contributed by atoms with Crippen LogP contribution in [0.5, 0.6) is 5.75 Å². The molecule has 2 unspecified atom stereocenters. The fourth-order valence-corrected chi connectivity index (χ4v) is 3.52. The highest BCUT2D eigenvalue weighted by Gasteiger charge is 2.22. The summed E-state index contributed by atoms with van der Waals surface area (Å²) < 4.78 is 7.75. The monoisotopic (exact) mass is 532 g/mol. The number of halogens is 2. The minimum atomic E-state index is -0.0183. The molecule has 0 amide bonds. The molecule has 0 spiro atoms. The first-order valence-electron chi connectivity index (χ1n) is 9.66. The second-order valence-electron chi connectivity index (χ2n) is 7.14. The van der Waals surface area contributed by atoms with E-state index in [0.717, 1.165) is 37.6 Å². The number of aryl methyl sites for hydroxylation is 1. The number of benzene rings is 1. The topological polar surface area (TPSA) is 66.7 Å². The molecule has 2 atom stereocenters. The van der Waals surface area contributed by atoms with E-state index in [4.69, 9.17) is 16.3 Å². The van der Waals surface area contributed by atoms with Crippen LogP contribution in [0.1, 0.15) is 19.8 Å². The molecule has 0 saturated carbocycles. The Balaban J connectivity index is 0.00000300. The first-order valence-corrected chi connectivity index (χ1v) is 10.0. The van der Waals surface area contributed by atoms with Crippen molar-refractivity contribution in [3.05, 3.63) is 41.7 Å². The van der Waals surface area contributed by atoms with Gasteiger partial charge in [0, 0.05) is 44.4 Å². The number of guanidine groups is 1. The summed E-state index contributed by atoms with van der Waals surface area (Å²) in [6.07, 6.45) is 6.22. The van der Waals surface area contributed by atoms with Gasteiger partial charge in [-0.2, -0.15) is 5.10 Å². The number of hydrogen-bond acceptors (Lipinski definition) is 4. The van der Waals surface area contributed by atoms with E-state index >= 15 is 0 Å². The van der Waals surface area contributed by atoms with E-state index < -0.39 is 0 Å². The maximum absolute atomic E-state index is 6.01. The molecule has 0 bridgehead atoms. The lowest BCUT2D eigenvalue weighted by atomic mass is 10.1. The molecule has 29 heavy (non-hydrogen) atoms. The lowest BCUT2D eigenvalue weighted by Gasteiger charge is -2.34. The van der Waals surface area contributed by atoms with Crippen LogP contribution in [-0.4, -0.2) is 54.6 Å². The zero-order valence-corrected chi connectivity index (χ0v) is 20.2. The normalized spacial score (nSPS) is 18.0. The first-order chi connectivity index (χ1) is 13.5. The summed E-state index contributed by atoms with van der Waals surface area (Å²) in [6, 6.07) is 7.78. The molecule has 1 fully saturated rings. The maximum atomic E-state index is 6.01. The number of aliphatic imine (C=N–C) groups is 1. The summed E-state index contributed by atoms with van der Waals surface area (Å²) in [5.74, 6) is 1.56. The van der Waals surface area contributed by atoms with Crippen molar-refractivity contribution in [3.63, 3.8) is 0 Å². The van der Waals surface area contributed by atoms with Crippen LogP contribution in [0.2, 0.25) is 5.02 Å². The van der Waals surface area contributed by atoms with Crippen LogP contribution >= 0.6 is 35.6 Å². The lowest BCUT2D eigenvalue weighted by Crippen LogP contribution is -2.52. The molecule has 3 rings (SSSR count). The number of ether oxygens (including phenoxy) is 1. The molecule has 1 aromatic carbocycles. The second-order valence-corrected chi connectivity index (χ2v) is 7.58. The van der Waals surface area contributed by atoms with Gasteiger partial charge in [-0.15, -0.1) is 24.0 Å². The van der Waals surface area contributed by atoms with Crippen LogP contribution in [0, 0.1) is 0 Å². The number of aromatic nitrogens is 2. The van der Waals surface area contributed by atoms with Crippen molar-refractivity contribution in [1.29, 1.82) is 0 Å². The molecule has 2 N–H and O–H groups in total. The Morgan fingerprint density at radius 3 is 2.97 bits per heavy atom. The Bertz CT molecular complexity index is 799. The molecule has 2 aromatic rings. The fraction of sp³-hybridized carbons (Fsp3) is 0.500. The molecule has 1 aliphatic rings. The van der Waals surface area contributed by atoms with Crippen molar-refractivity contribution in [2.24, 2.45) is 12.0 Å². The van der Waals surface area contributed by atoms with E-state index in [1.165, 1.54) is 5.69 Å². The first kappa shape index (κ1) is 23.6. The highest BCUT2D eigenvalue weighted by atomic mass is 127. The summed E-state index contributed by atoms with van der Waals surface area (Å²) in [7, 11) is 3.74. The SMILES string of the molecule is CN=C(NCC(C)Oc1cccc(Cl)c1)NC1CCCN(c2cnn(C)c2)C1.I. The molecule has 0 aliphatic carbocycles. The summed E-state index contributed by atoms with van der Waals surface area (Å²) in [5, 5.41) is 11.8. The van der Waals surface area contributed by atoms with Crippen molar-refractivity contribution in [3.8, 4) is 5.75 Å². The van der Waals surface area contributed by atoms with E-state index in [0.29, 0.717) is 17.6 Å². The number of hydrogen-bond donors (Lipinski definition) is 2. The zero-order chi connectivity index (χ0) is 19.9. The molecular weight excluding hydrogens is 503 g/mol. The third-order valence-electron chi connectivity index (χ3n) is 4.73. The second kappa shape index (κ2) is 11.5. The molecule has 1 aromatic heterocycles. The smallest absolute Gasteiger partial charge is 0.191 e. The van der Waals surface area contributed by atoms with Crippen LogP contribution in [0.15, 0.2) is 41.7 Å². The van der Waals surface area contributed by atoms with Gasteiger partial charge in [0.15, 0.2) is 5.96 Å². The number of nitrogens with zero attached hydrogens (tertiary/aromatic N) is 4. The van der Waals surface area contributed by atoms with Gasteiger partial charge in [-0.1, -0.05) is 17.7 Å². The molecule has 9 heteroatoms. The third kappa shape index (κ3) is 7.26. The van der Waals surface area contributed by atoms with E-state index in [1.54, 1.807) is 7.05 Å². The van der Waals surface area contributed by atoms with Crippen molar-refractivity contribution >= 4 is 47.2 Å². The predicted octanol–water partition coefficient (Wildman–Crippen LogP) is 3.29. The number of piperidine rings is 1. The van der Waals surface area contributed by atoms with Crippen LogP contribution in [0.25, 0.3) is 0 Å². The Morgan fingerprint density at radius 1 is 1.45 bits per heavy atom. The van der Waals surface area contributed by atoms with Crippen molar-refractivity contribution in [2.75, 3.05) is 31.6 Å². The fourth-order valence-electron chi connectivity index (χ4n) is 3.34. The molecule has 1 saturated heterocycles. The Morgan fingerprint density at radius 2 is 2.28 bits per heavy atom. The van der Waals surface area contributed by atoms with E-state index in [2.05, 4.69) is 31.8 Å². The van der Waals surface area contributed by atoms with Gasteiger partial charge in [-0.05, 0) is 38.0 Å². The number of rotatable bonds is 6. The number of nitrogens with one attached hydrogen (secondary N) is 2. The predicted molar refractivity (Wildman–Crippen MR) is 130 cm³/mol.